The van der Waals surface area contributed by atoms with Gasteiger partial charge in [0.05, 0.1) is 18.8 Å². The van der Waals surface area contributed by atoms with Gasteiger partial charge in [0.15, 0.2) is 0 Å². The summed E-state index contributed by atoms with van der Waals surface area (Å²) in [4.78, 5) is 24.6. The molecule has 1 unspecified atom stereocenters. The standard InChI is InChI=1S/C18H21F2N3O3/c1-2-15(24)22-5-10-8-23(18(25)26-10)9-3-13(19)17(14(20)4-9)16-11-6-21-7-12(11)16/h3-4,10-12,16,21H,2,5-8H2,1H3,(H,22,24)/t10-,11-,12+,16?/m0/s1. The summed E-state index contributed by atoms with van der Waals surface area (Å²) in [6.07, 6.45) is -0.876. The van der Waals surface area contributed by atoms with Crippen LogP contribution in [0, 0.1) is 23.5 Å². The Hall–Kier alpha value is -2.22. The molecule has 1 aromatic carbocycles. The van der Waals surface area contributed by atoms with Gasteiger partial charge in [-0.1, -0.05) is 6.92 Å². The fourth-order valence-electron chi connectivity index (χ4n) is 4.08. The number of cyclic esters (lactones) is 1. The van der Waals surface area contributed by atoms with Crippen LogP contribution in [-0.4, -0.2) is 44.3 Å². The van der Waals surface area contributed by atoms with Crippen LogP contribution < -0.4 is 15.5 Å². The Labute approximate surface area is 149 Å². The fourth-order valence-corrected chi connectivity index (χ4v) is 4.08. The Morgan fingerprint density at radius 1 is 1.31 bits per heavy atom. The number of benzene rings is 1. The normalized spacial score (nSPS) is 29.5. The van der Waals surface area contributed by atoms with Crippen molar-refractivity contribution in [2.75, 3.05) is 31.1 Å². The molecular weight excluding hydrogens is 344 g/mol. The first-order valence-electron chi connectivity index (χ1n) is 8.94. The van der Waals surface area contributed by atoms with E-state index < -0.39 is 23.8 Å². The molecule has 0 spiro atoms. The number of rotatable bonds is 5. The number of amides is 2. The molecule has 2 amide bonds. The Kier molecular flexibility index (Phi) is 4.30. The van der Waals surface area contributed by atoms with E-state index in [1.165, 1.54) is 17.0 Å². The first-order chi connectivity index (χ1) is 12.5. The average Bonchev–Trinajstić information content (AvgIpc) is 2.97. The van der Waals surface area contributed by atoms with Crippen molar-refractivity contribution in [2.45, 2.75) is 25.4 Å². The molecule has 2 saturated heterocycles. The van der Waals surface area contributed by atoms with Crippen molar-refractivity contribution in [3.63, 3.8) is 0 Å². The Balaban J connectivity index is 1.48. The number of nitrogens with one attached hydrogen (secondary N) is 2. The van der Waals surface area contributed by atoms with Crippen molar-refractivity contribution in [2.24, 2.45) is 11.8 Å². The van der Waals surface area contributed by atoms with E-state index >= 15 is 0 Å². The third kappa shape index (κ3) is 2.92. The van der Waals surface area contributed by atoms with E-state index in [2.05, 4.69) is 10.6 Å². The van der Waals surface area contributed by atoms with Crippen LogP contribution in [0.2, 0.25) is 0 Å². The highest BCUT2D eigenvalue weighted by molar-refractivity contribution is 5.90. The first kappa shape index (κ1) is 17.2. The molecule has 6 nitrogen and oxygen atoms in total. The van der Waals surface area contributed by atoms with E-state index in [1.807, 2.05) is 0 Å². The van der Waals surface area contributed by atoms with Crippen LogP contribution in [0.25, 0.3) is 0 Å². The van der Waals surface area contributed by atoms with Crippen molar-refractivity contribution in [1.29, 1.82) is 0 Å². The van der Waals surface area contributed by atoms with Gasteiger partial charge in [0.1, 0.15) is 17.7 Å². The number of halogens is 2. The van der Waals surface area contributed by atoms with E-state index in [-0.39, 0.29) is 36.2 Å². The minimum atomic E-state index is -0.667. The lowest BCUT2D eigenvalue weighted by molar-refractivity contribution is -0.121. The number of nitrogens with zero attached hydrogens (tertiary/aromatic N) is 1. The summed E-state index contributed by atoms with van der Waals surface area (Å²) in [6, 6.07) is 2.41. The predicted molar refractivity (Wildman–Crippen MR) is 89.9 cm³/mol. The van der Waals surface area contributed by atoms with Crippen molar-refractivity contribution >= 4 is 17.7 Å². The number of piperidine rings is 1. The lowest BCUT2D eigenvalue weighted by Gasteiger charge is -2.16. The zero-order valence-electron chi connectivity index (χ0n) is 14.4. The van der Waals surface area contributed by atoms with E-state index in [0.29, 0.717) is 18.3 Å². The van der Waals surface area contributed by atoms with Crippen LogP contribution in [0.5, 0.6) is 0 Å². The molecule has 3 fully saturated rings. The highest BCUT2D eigenvalue weighted by Gasteiger charge is 2.55. The van der Waals surface area contributed by atoms with E-state index in [4.69, 9.17) is 4.74 Å². The number of fused-ring (bicyclic) bond motifs is 1. The monoisotopic (exact) mass is 365 g/mol. The zero-order valence-corrected chi connectivity index (χ0v) is 14.4. The topological polar surface area (TPSA) is 70.7 Å². The van der Waals surface area contributed by atoms with Gasteiger partial charge in [-0.3, -0.25) is 9.69 Å². The molecule has 1 aromatic rings. The molecule has 1 saturated carbocycles. The second-order valence-corrected chi connectivity index (χ2v) is 7.11. The Morgan fingerprint density at radius 3 is 2.58 bits per heavy atom. The summed E-state index contributed by atoms with van der Waals surface area (Å²) >= 11 is 0. The molecule has 8 heteroatoms. The number of anilines is 1. The van der Waals surface area contributed by atoms with Gasteiger partial charge in [-0.2, -0.15) is 0 Å². The van der Waals surface area contributed by atoms with Crippen molar-refractivity contribution in [1.82, 2.24) is 10.6 Å². The molecule has 0 bridgehead atoms. The lowest BCUT2D eigenvalue weighted by Crippen LogP contribution is -2.34. The third-order valence-corrected chi connectivity index (χ3v) is 5.52. The van der Waals surface area contributed by atoms with Crippen LogP contribution in [0.3, 0.4) is 0 Å². The summed E-state index contributed by atoms with van der Waals surface area (Å²) in [7, 11) is 0. The summed E-state index contributed by atoms with van der Waals surface area (Å²) in [6.45, 7) is 3.62. The smallest absolute Gasteiger partial charge is 0.414 e. The highest BCUT2D eigenvalue weighted by Crippen LogP contribution is 2.57. The fraction of sp³-hybridized carbons (Fsp3) is 0.556. The minimum Gasteiger partial charge on any atom is -0.442 e. The van der Waals surface area contributed by atoms with E-state index in [9.17, 15) is 18.4 Å². The molecule has 26 heavy (non-hydrogen) atoms. The zero-order chi connectivity index (χ0) is 18.4. The van der Waals surface area contributed by atoms with Crippen LogP contribution in [-0.2, 0) is 9.53 Å². The Bertz CT molecular complexity index is 724. The molecule has 0 aromatic heterocycles. The van der Waals surface area contributed by atoms with Gasteiger partial charge in [0, 0.05) is 12.0 Å². The number of ether oxygens (including phenoxy) is 1. The maximum Gasteiger partial charge on any atom is 0.414 e. The van der Waals surface area contributed by atoms with Gasteiger partial charge in [-0.25, -0.2) is 13.6 Å². The summed E-state index contributed by atoms with van der Waals surface area (Å²) < 4.78 is 34.4. The molecule has 4 atom stereocenters. The van der Waals surface area contributed by atoms with Crippen LogP contribution in [0.4, 0.5) is 19.3 Å². The summed E-state index contributed by atoms with van der Waals surface area (Å²) in [5.41, 5.74) is 0.270. The van der Waals surface area contributed by atoms with Gasteiger partial charge in [-0.05, 0) is 43.0 Å². The van der Waals surface area contributed by atoms with Gasteiger partial charge in [0.25, 0.3) is 0 Å². The molecule has 3 aliphatic rings. The second kappa shape index (κ2) is 6.50. The molecule has 4 rings (SSSR count). The third-order valence-electron chi connectivity index (χ3n) is 5.52. The largest absolute Gasteiger partial charge is 0.442 e. The van der Waals surface area contributed by atoms with Crippen LogP contribution >= 0.6 is 0 Å². The SMILES string of the molecule is CCC(=O)NC[C@H]1CN(c2cc(F)c(C3[C@H]4CNC[C@@H]34)c(F)c2)C(=O)O1. The number of hydrogen-bond donors (Lipinski definition) is 2. The lowest BCUT2D eigenvalue weighted by atomic mass is 10.0. The Morgan fingerprint density at radius 2 is 1.96 bits per heavy atom. The second-order valence-electron chi connectivity index (χ2n) is 7.11. The number of hydrogen-bond acceptors (Lipinski definition) is 4. The quantitative estimate of drug-likeness (QED) is 0.834. The summed E-state index contributed by atoms with van der Waals surface area (Å²) in [5, 5.41) is 5.85. The molecule has 1 aliphatic carbocycles. The maximum atomic E-state index is 14.6. The van der Waals surface area contributed by atoms with Gasteiger partial charge >= 0.3 is 6.09 Å². The van der Waals surface area contributed by atoms with Crippen LogP contribution in [0.1, 0.15) is 24.8 Å². The van der Waals surface area contributed by atoms with Gasteiger partial charge in [-0.15, -0.1) is 0 Å². The van der Waals surface area contributed by atoms with E-state index in [1.54, 1.807) is 6.92 Å². The predicted octanol–water partition coefficient (Wildman–Crippen LogP) is 1.75. The summed E-state index contributed by atoms with van der Waals surface area (Å²) in [5.74, 6) is -0.857. The molecule has 2 N–H and O–H groups in total. The van der Waals surface area contributed by atoms with Crippen molar-refractivity contribution < 1.29 is 23.1 Å². The van der Waals surface area contributed by atoms with Gasteiger partial charge < -0.3 is 15.4 Å². The molecule has 140 valence electrons. The maximum absolute atomic E-state index is 14.6. The van der Waals surface area contributed by atoms with Crippen LogP contribution in [0.15, 0.2) is 12.1 Å². The van der Waals surface area contributed by atoms with Crippen molar-refractivity contribution in [3.8, 4) is 0 Å². The highest BCUT2D eigenvalue weighted by atomic mass is 19.1. The number of carbonyl (C=O) groups is 2. The first-order valence-corrected chi connectivity index (χ1v) is 8.94. The van der Waals surface area contributed by atoms with E-state index in [0.717, 1.165) is 13.1 Å². The number of carbonyl (C=O) groups excluding carboxylic acids is 2. The minimum absolute atomic E-state index is 0.0761. The molecule has 0 radical (unpaired) electrons. The molecule has 2 heterocycles. The average molecular weight is 365 g/mol. The molecule has 2 aliphatic heterocycles. The molecular formula is C18H21F2N3O3. The van der Waals surface area contributed by atoms with Gasteiger partial charge in [0.2, 0.25) is 5.91 Å². The van der Waals surface area contributed by atoms with Crippen molar-refractivity contribution in [3.05, 3.63) is 29.3 Å².